The molecular weight excluding hydrogens is 260 g/mol. The molecular formula is C18H30N2O. The zero-order valence-electron chi connectivity index (χ0n) is 13.5. The van der Waals surface area contributed by atoms with Gasteiger partial charge in [-0.2, -0.15) is 0 Å². The van der Waals surface area contributed by atoms with Crippen molar-refractivity contribution in [2.24, 2.45) is 5.92 Å². The quantitative estimate of drug-likeness (QED) is 0.707. The lowest BCUT2D eigenvalue weighted by molar-refractivity contribution is 0.312. The Morgan fingerprint density at radius 1 is 1.24 bits per heavy atom. The average molecular weight is 290 g/mol. The number of nitrogens with one attached hydrogen (secondary N) is 1. The maximum atomic E-state index is 6.27. The molecule has 1 unspecified atom stereocenters. The molecule has 3 heteroatoms. The number of benzene rings is 1. The summed E-state index contributed by atoms with van der Waals surface area (Å²) in [6.45, 7) is 5.09. The van der Waals surface area contributed by atoms with Gasteiger partial charge in [0.1, 0.15) is 5.75 Å². The van der Waals surface area contributed by atoms with E-state index in [4.69, 9.17) is 10.5 Å². The maximum Gasteiger partial charge on any atom is 0.144 e. The van der Waals surface area contributed by atoms with Crippen molar-refractivity contribution in [1.29, 1.82) is 0 Å². The van der Waals surface area contributed by atoms with Crippen LogP contribution < -0.4 is 15.8 Å². The third kappa shape index (κ3) is 4.29. The Morgan fingerprint density at radius 2 is 2.00 bits per heavy atom. The summed E-state index contributed by atoms with van der Waals surface area (Å²) in [5.74, 6) is 1.59. The van der Waals surface area contributed by atoms with Crippen LogP contribution in [0.3, 0.4) is 0 Å². The van der Waals surface area contributed by atoms with E-state index >= 15 is 0 Å². The Balaban J connectivity index is 2.06. The summed E-state index contributed by atoms with van der Waals surface area (Å²) in [7, 11) is 0. The van der Waals surface area contributed by atoms with Crippen LogP contribution in [0.25, 0.3) is 0 Å². The molecule has 3 N–H and O–H groups in total. The van der Waals surface area contributed by atoms with Gasteiger partial charge in [0.2, 0.25) is 0 Å². The van der Waals surface area contributed by atoms with Gasteiger partial charge in [-0.05, 0) is 43.7 Å². The number of rotatable bonds is 7. The molecule has 0 aromatic heterocycles. The molecule has 1 atom stereocenters. The number of hydrogen-bond acceptors (Lipinski definition) is 3. The molecule has 0 bridgehead atoms. The van der Waals surface area contributed by atoms with Crippen LogP contribution in [-0.4, -0.2) is 12.6 Å². The van der Waals surface area contributed by atoms with E-state index in [0.717, 1.165) is 35.9 Å². The second-order valence-electron chi connectivity index (χ2n) is 6.12. The summed E-state index contributed by atoms with van der Waals surface area (Å²) in [5.41, 5.74) is 8.05. The molecule has 1 aromatic rings. The topological polar surface area (TPSA) is 47.3 Å². The predicted molar refractivity (Wildman–Crippen MR) is 90.9 cm³/mol. The molecule has 1 aromatic carbocycles. The van der Waals surface area contributed by atoms with Crippen LogP contribution in [0.5, 0.6) is 5.75 Å². The molecule has 2 rings (SSSR count). The fraction of sp³-hybridized carbons (Fsp3) is 0.667. The predicted octanol–water partition coefficient (Wildman–Crippen LogP) is 4.83. The highest BCUT2D eigenvalue weighted by Gasteiger charge is 2.23. The normalized spacial score (nSPS) is 17.4. The third-order valence-corrected chi connectivity index (χ3v) is 4.53. The van der Waals surface area contributed by atoms with Crippen molar-refractivity contribution in [1.82, 2.24) is 0 Å². The lowest BCUT2D eigenvalue weighted by atomic mass is 9.83. The van der Waals surface area contributed by atoms with Gasteiger partial charge in [-0.15, -0.1) is 0 Å². The van der Waals surface area contributed by atoms with Gasteiger partial charge in [0.05, 0.1) is 18.0 Å². The van der Waals surface area contributed by atoms with E-state index in [1.165, 1.54) is 32.1 Å². The molecule has 1 aliphatic rings. The van der Waals surface area contributed by atoms with Crippen molar-refractivity contribution >= 4 is 11.4 Å². The van der Waals surface area contributed by atoms with Gasteiger partial charge < -0.3 is 15.8 Å². The van der Waals surface area contributed by atoms with Gasteiger partial charge in [0.15, 0.2) is 0 Å². The van der Waals surface area contributed by atoms with Crippen LogP contribution in [0.2, 0.25) is 0 Å². The zero-order valence-corrected chi connectivity index (χ0v) is 13.5. The Kier molecular flexibility index (Phi) is 6.21. The summed E-state index contributed by atoms with van der Waals surface area (Å²) in [6, 6.07) is 6.57. The largest absolute Gasteiger partial charge is 0.491 e. The maximum absolute atomic E-state index is 6.27. The first kappa shape index (κ1) is 16.0. The zero-order chi connectivity index (χ0) is 15.1. The van der Waals surface area contributed by atoms with Crippen LogP contribution in [0.4, 0.5) is 11.4 Å². The highest BCUT2D eigenvalue weighted by atomic mass is 16.5. The van der Waals surface area contributed by atoms with Crippen molar-refractivity contribution < 1.29 is 4.74 Å². The number of nitrogen functional groups attached to an aromatic ring is 1. The summed E-state index contributed by atoms with van der Waals surface area (Å²) in [6.07, 6.45) is 8.97. The molecule has 0 aliphatic heterocycles. The second kappa shape index (κ2) is 8.16. The van der Waals surface area contributed by atoms with E-state index < -0.39 is 0 Å². The Bertz CT molecular complexity index is 427. The van der Waals surface area contributed by atoms with E-state index in [1.807, 2.05) is 12.1 Å². The number of hydrogen-bond donors (Lipinski definition) is 2. The van der Waals surface area contributed by atoms with E-state index in [-0.39, 0.29) is 0 Å². The lowest BCUT2D eigenvalue weighted by Gasteiger charge is -2.31. The van der Waals surface area contributed by atoms with Crippen LogP contribution in [0.15, 0.2) is 18.2 Å². The molecule has 3 nitrogen and oxygen atoms in total. The van der Waals surface area contributed by atoms with Crippen molar-refractivity contribution in [2.75, 3.05) is 17.7 Å². The van der Waals surface area contributed by atoms with Crippen molar-refractivity contribution in [3.63, 3.8) is 0 Å². The van der Waals surface area contributed by atoms with Gasteiger partial charge in [-0.3, -0.25) is 0 Å². The SMILES string of the molecule is CCCOc1cccc(NC(CC)C2CCCCC2)c1N. The Hall–Kier alpha value is -1.38. The minimum Gasteiger partial charge on any atom is -0.491 e. The highest BCUT2D eigenvalue weighted by Crippen LogP contribution is 2.34. The molecule has 0 saturated heterocycles. The summed E-state index contributed by atoms with van der Waals surface area (Å²) >= 11 is 0. The van der Waals surface area contributed by atoms with E-state index in [2.05, 4.69) is 25.2 Å². The van der Waals surface area contributed by atoms with E-state index in [9.17, 15) is 0 Å². The first-order valence-electron chi connectivity index (χ1n) is 8.54. The smallest absolute Gasteiger partial charge is 0.144 e. The fourth-order valence-corrected chi connectivity index (χ4v) is 3.30. The highest BCUT2D eigenvalue weighted by molar-refractivity contribution is 5.73. The number of ether oxygens (including phenoxy) is 1. The molecule has 1 saturated carbocycles. The summed E-state index contributed by atoms with van der Waals surface area (Å²) in [5, 5.41) is 3.68. The molecule has 0 amide bonds. The minimum atomic E-state index is 0.522. The Labute approximate surface area is 129 Å². The molecule has 0 heterocycles. The number of nitrogens with two attached hydrogens (primary N) is 1. The third-order valence-electron chi connectivity index (χ3n) is 4.53. The van der Waals surface area contributed by atoms with Crippen LogP contribution in [0.1, 0.15) is 58.8 Å². The molecule has 21 heavy (non-hydrogen) atoms. The van der Waals surface area contributed by atoms with Crippen molar-refractivity contribution in [3.05, 3.63) is 18.2 Å². The van der Waals surface area contributed by atoms with Gasteiger partial charge in [0, 0.05) is 6.04 Å². The van der Waals surface area contributed by atoms with Crippen molar-refractivity contribution in [3.8, 4) is 5.75 Å². The number of para-hydroxylation sites is 1. The molecule has 1 fully saturated rings. The summed E-state index contributed by atoms with van der Waals surface area (Å²) < 4.78 is 5.72. The molecule has 118 valence electrons. The van der Waals surface area contributed by atoms with Gasteiger partial charge in [-0.25, -0.2) is 0 Å². The fourth-order valence-electron chi connectivity index (χ4n) is 3.30. The first-order chi connectivity index (χ1) is 10.3. The van der Waals surface area contributed by atoms with Crippen LogP contribution in [0, 0.1) is 5.92 Å². The molecule has 1 aliphatic carbocycles. The van der Waals surface area contributed by atoms with Crippen molar-refractivity contribution in [2.45, 2.75) is 64.8 Å². The van der Waals surface area contributed by atoms with Crippen LogP contribution in [-0.2, 0) is 0 Å². The van der Waals surface area contributed by atoms with Gasteiger partial charge in [-0.1, -0.05) is 39.2 Å². The van der Waals surface area contributed by atoms with E-state index in [0.29, 0.717) is 12.6 Å². The lowest BCUT2D eigenvalue weighted by Crippen LogP contribution is -2.30. The average Bonchev–Trinajstić information content (AvgIpc) is 2.53. The second-order valence-corrected chi connectivity index (χ2v) is 6.12. The monoisotopic (exact) mass is 290 g/mol. The summed E-state index contributed by atoms with van der Waals surface area (Å²) in [4.78, 5) is 0. The molecule has 0 radical (unpaired) electrons. The molecule has 0 spiro atoms. The van der Waals surface area contributed by atoms with Gasteiger partial charge in [0.25, 0.3) is 0 Å². The van der Waals surface area contributed by atoms with Gasteiger partial charge >= 0.3 is 0 Å². The standard InChI is InChI=1S/C18H30N2O/c1-3-13-21-17-12-8-11-16(18(17)19)20-15(4-2)14-9-6-5-7-10-14/h8,11-12,14-15,20H,3-7,9-10,13,19H2,1-2H3. The minimum absolute atomic E-state index is 0.522. The first-order valence-corrected chi connectivity index (χ1v) is 8.54. The number of anilines is 2. The van der Waals surface area contributed by atoms with E-state index in [1.54, 1.807) is 0 Å². The Morgan fingerprint density at radius 3 is 2.67 bits per heavy atom. The van der Waals surface area contributed by atoms with Crippen LogP contribution >= 0.6 is 0 Å².